The maximum atomic E-state index is 14.9. The van der Waals surface area contributed by atoms with Gasteiger partial charge >= 0.3 is 188 Å². The molecule has 1 aromatic carbocycles. The number of halogens is 5. The van der Waals surface area contributed by atoms with E-state index in [1.807, 2.05) is 0 Å². The fourth-order valence-electron chi connectivity index (χ4n) is 34.6. The van der Waals surface area contributed by atoms with Gasteiger partial charge in [-0.25, -0.2) is 0 Å². The number of benzene rings is 1. The molecule has 0 nitrogen and oxygen atoms in total. The number of hydrogen-bond acceptors (Lipinski definition) is 0. The second-order valence-electron chi connectivity index (χ2n) is 21.8. The molecule has 0 N–H and O–H groups in total. The molecular formula is C28H18AsF5Fe2. The molecule has 20 saturated heterocycles. The van der Waals surface area contributed by atoms with Crippen LogP contribution in [0.3, 0.4) is 0 Å². The van der Waals surface area contributed by atoms with Crippen LogP contribution >= 0.6 is 0 Å². The number of fused-ring (bicyclic) bond motifs is 20. The Balaban J connectivity index is 0.978. The summed E-state index contributed by atoms with van der Waals surface area (Å²) in [5.74, 6) is -6.10. The van der Waals surface area contributed by atoms with Crippen LogP contribution in [0.4, 0.5) is 22.0 Å². The van der Waals surface area contributed by atoms with Crippen LogP contribution in [0.1, 0.15) is 5.56 Å². The third-order valence-corrected chi connectivity index (χ3v) is 140. The Kier molecular flexibility index (Phi) is 0.495. The van der Waals surface area contributed by atoms with Crippen LogP contribution in [0.15, 0.2) is 0 Å². The molecule has 0 aromatic heterocycles. The molecule has 0 bridgehead atoms. The molecule has 20 aliphatic heterocycles. The van der Waals surface area contributed by atoms with Gasteiger partial charge in [0.2, 0.25) is 0 Å². The molecule has 8 heteroatoms. The first-order chi connectivity index (χ1) is 16.9. The average Bonchev–Trinajstić information content (AvgIpc) is 3.76. The minimum absolute atomic E-state index is 0.682. The molecule has 186 valence electrons. The summed E-state index contributed by atoms with van der Waals surface area (Å²) in [4.78, 5) is 21.4. The second kappa shape index (κ2) is 1.27. The van der Waals surface area contributed by atoms with Gasteiger partial charge in [0.25, 0.3) is 0 Å². The standard InChI is InChI=1S/C18H8AsF5.2C5H5.2Fe/c20-14-13(15(21)17(23)18(24)16(14)22)9-10-19(11-5-1-2-6-11)12-7-3-4-8-12;2*1-2-4-5-3-1;;/h1-8H;2*1-5H;;. The van der Waals surface area contributed by atoms with Crippen LogP contribution in [-0.2, 0) is 13.0 Å². The van der Waals surface area contributed by atoms with E-state index >= 15 is 0 Å². The maximum absolute atomic E-state index is 14.9. The summed E-state index contributed by atoms with van der Waals surface area (Å²) < 4.78 is 77.2. The molecule has 8 atom stereocenters. The molecule has 20 fully saturated rings. The van der Waals surface area contributed by atoms with Crippen molar-refractivity contribution in [2.75, 3.05) is 0 Å². The summed E-state index contributed by atoms with van der Waals surface area (Å²) in [5.41, 5.74) is -0.788. The summed E-state index contributed by atoms with van der Waals surface area (Å²) in [6.07, 6.45) is 0. The third-order valence-electron chi connectivity index (χ3n) is 31.4. The summed E-state index contributed by atoms with van der Waals surface area (Å²) in [6.45, 7) is -7.08. The van der Waals surface area contributed by atoms with Crippen molar-refractivity contribution in [3.05, 3.63) is 34.6 Å². The van der Waals surface area contributed by atoms with Crippen molar-refractivity contribution in [2.24, 2.45) is 0 Å². The van der Waals surface area contributed by atoms with E-state index in [1.54, 1.807) is 0 Å². The van der Waals surface area contributed by atoms with E-state index in [4.69, 9.17) is 0 Å². The molecule has 20 heterocycles. The van der Waals surface area contributed by atoms with Crippen molar-refractivity contribution in [3.63, 3.8) is 0 Å². The fraction of sp³-hybridized carbons (Fsp3) is 0.714. The van der Waals surface area contributed by atoms with Gasteiger partial charge in [0.05, 0.1) is 0 Å². The third kappa shape index (κ3) is 0.170. The quantitative estimate of drug-likeness (QED) is 0.101. The second-order valence-corrected chi connectivity index (χ2v) is 75.6. The van der Waals surface area contributed by atoms with Crippen LogP contribution in [0, 0.1) is 39.7 Å². The van der Waals surface area contributed by atoms with E-state index in [2.05, 4.69) is 10.6 Å². The Bertz CT molecular complexity index is 2430. The molecular weight excluding hydrogens is 618 g/mol. The topological polar surface area (TPSA) is 0 Å². The van der Waals surface area contributed by atoms with Gasteiger partial charge in [-0.15, -0.1) is 0 Å². The van der Waals surface area contributed by atoms with Crippen LogP contribution in [0.2, 0.25) is 92.9 Å². The van der Waals surface area contributed by atoms with Crippen molar-refractivity contribution in [1.82, 2.24) is 0 Å². The molecule has 36 heavy (non-hydrogen) atoms. The molecule has 0 radical (unpaired) electrons. The summed E-state index contributed by atoms with van der Waals surface area (Å²) >= 11 is -1.81. The first-order valence-corrected chi connectivity index (χ1v) is 29.5. The molecule has 1 aromatic rings. The van der Waals surface area contributed by atoms with Crippen molar-refractivity contribution in [3.8, 4) is 10.6 Å². The molecule has 0 saturated carbocycles. The van der Waals surface area contributed by atoms with Gasteiger partial charge < -0.3 is 0 Å². The predicted octanol–water partition coefficient (Wildman–Crippen LogP) is 8.36. The Morgan fingerprint density at radius 1 is 0.472 bits per heavy atom. The zero-order valence-electron chi connectivity index (χ0n) is 18.4. The number of rotatable bonds is 2. The van der Waals surface area contributed by atoms with Crippen molar-refractivity contribution in [1.29, 1.82) is 0 Å². The van der Waals surface area contributed by atoms with Crippen molar-refractivity contribution >= 4 is 14.7 Å². The Morgan fingerprint density at radius 2 is 0.778 bits per heavy atom. The van der Waals surface area contributed by atoms with Crippen molar-refractivity contribution < 1.29 is 35.0 Å². The molecule has 0 amide bonds. The number of hydrogen-bond donors (Lipinski definition) is 0. The van der Waals surface area contributed by atoms with E-state index < -0.39 is 62.3 Å². The molecule has 21 rings (SSSR count). The van der Waals surface area contributed by atoms with Gasteiger partial charge in [0.15, 0.2) is 0 Å². The Labute approximate surface area is 186 Å². The van der Waals surface area contributed by atoms with E-state index in [-0.39, 0.29) is 0 Å². The van der Waals surface area contributed by atoms with E-state index in [0.29, 0.717) is 6.20 Å². The van der Waals surface area contributed by atoms with E-state index in [0.717, 1.165) is 19.3 Å². The van der Waals surface area contributed by atoms with Gasteiger partial charge in [0, 0.05) is 0 Å². The van der Waals surface area contributed by atoms with E-state index in [9.17, 15) is 22.0 Å². The minimum atomic E-state index is -3.54. The van der Waals surface area contributed by atoms with Crippen LogP contribution in [0.5, 0.6) is 0 Å². The van der Waals surface area contributed by atoms with Crippen LogP contribution in [-0.4, -0.2) is 14.7 Å². The SMILES string of the molecule is Fc1c(F)c(F)c(C#C[As]([C]23[CH]4[CH]5[CH]6[CH]2[Fe]56432789[CH]3[CH]2[CH]7[CH]8[CH]39)[C]23[CH]4[CH]5[CH]6[CH]2[Fe]56432789[CH]3[CH]2[CH]7[CH]8[CH]39)c(F)c1F. The van der Waals surface area contributed by atoms with Crippen LogP contribution in [0.25, 0.3) is 0 Å². The zero-order valence-corrected chi connectivity index (χ0v) is 22.5. The van der Waals surface area contributed by atoms with Crippen molar-refractivity contribution in [2.45, 2.75) is 92.9 Å². The van der Waals surface area contributed by atoms with Crippen LogP contribution < -0.4 is 0 Å². The zero-order chi connectivity index (χ0) is 22.5. The monoisotopic (exact) mass is 636 g/mol. The average molecular weight is 636 g/mol. The fourth-order valence-corrected chi connectivity index (χ4v) is 239. The molecule has 8 unspecified atom stereocenters. The predicted molar refractivity (Wildman–Crippen MR) is 112 cm³/mol. The normalized spacial score (nSPS) is 114. The first kappa shape index (κ1) is 14.1. The van der Waals surface area contributed by atoms with Gasteiger partial charge in [0.1, 0.15) is 0 Å². The summed E-state index contributed by atoms with van der Waals surface area (Å²) in [6, 6.07) is 0. The van der Waals surface area contributed by atoms with Gasteiger partial charge in [-0.05, 0) is 0 Å². The first-order valence-electron chi connectivity index (χ1n) is 14.1. The Morgan fingerprint density at radius 3 is 1.03 bits per heavy atom. The van der Waals surface area contributed by atoms with Gasteiger partial charge in [-0.3, -0.25) is 0 Å². The molecule has 20 aliphatic rings. The summed E-state index contributed by atoms with van der Waals surface area (Å²) in [7, 11) is 0. The van der Waals surface area contributed by atoms with Gasteiger partial charge in [-0.1, -0.05) is 0 Å². The van der Waals surface area contributed by atoms with Gasteiger partial charge in [-0.2, -0.15) is 0 Å². The Hall–Kier alpha value is 0.0274. The summed E-state index contributed by atoms with van der Waals surface area (Å²) in [5, 5.41) is 0. The molecule has 2 spiro atoms. The van der Waals surface area contributed by atoms with E-state index in [1.165, 1.54) is 67.4 Å². The molecule has 0 aliphatic carbocycles.